The normalized spacial score (nSPS) is 11.2. The first-order valence-electron chi connectivity index (χ1n) is 5.95. The highest BCUT2D eigenvalue weighted by atomic mass is 32.2. The first-order valence-corrected chi connectivity index (χ1v) is 7.84. The summed E-state index contributed by atoms with van der Waals surface area (Å²) in [5.41, 5.74) is 0.272. The van der Waals surface area contributed by atoms with Crippen molar-refractivity contribution in [2.75, 3.05) is 11.0 Å². The van der Waals surface area contributed by atoms with Crippen molar-refractivity contribution in [1.29, 1.82) is 0 Å². The van der Waals surface area contributed by atoms with Crippen molar-refractivity contribution in [2.45, 2.75) is 6.92 Å². The van der Waals surface area contributed by atoms with Crippen molar-refractivity contribution < 1.29 is 31.9 Å². The quantitative estimate of drug-likeness (QED) is 0.832. The fourth-order valence-electron chi connectivity index (χ4n) is 1.68. The molecule has 0 saturated carbocycles. The van der Waals surface area contributed by atoms with Crippen LogP contribution in [0.4, 0.5) is 10.3 Å². The predicted molar refractivity (Wildman–Crippen MR) is 75.5 cm³/mol. The third kappa shape index (κ3) is 3.55. The number of carbonyl (C=O) groups excluding carboxylic acids is 1. The molecule has 0 radical (unpaired) electrons. The molecule has 2 rings (SSSR count). The van der Waals surface area contributed by atoms with Crippen LogP contribution < -0.4 is 9.46 Å². The van der Waals surface area contributed by atoms with Crippen molar-refractivity contribution in [3.8, 4) is 22.8 Å². The van der Waals surface area contributed by atoms with Crippen LogP contribution in [0.15, 0.2) is 28.7 Å². The van der Waals surface area contributed by atoms with E-state index in [2.05, 4.69) is 0 Å². The van der Waals surface area contributed by atoms with Gasteiger partial charge in [0.15, 0.2) is 5.76 Å². The molecular weight excluding hydrogens is 317 g/mol. The Bertz CT molecular complexity index is 810. The smallest absolute Gasteiger partial charge is 0.308 e. The van der Waals surface area contributed by atoms with E-state index in [-0.39, 0.29) is 11.3 Å². The summed E-state index contributed by atoms with van der Waals surface area (Å²) in [7, 11) is -3.73. The Morgan fingerprint density at radius 2 is 1.91 bits per heavy atom. The molecule has 1 heterocycles. The minimum atomic E-state index is -3.73. The van der Waals surface area contributed by atoms with E-state index in [4.69, 9.17) is 9.15 Å². The minimum absolute atomic E-state index is 0.164. The zero-order valence-corrected chi connectivity index (χ0v) is 12.4. The number of sulfonamides is 1. The number of anilines is 1. The van der Waals surface area contributed by atoms with Gasteiger partial charge in [-0.05, 0) is 24.3 Å². The van der Waals surface area contributed by atoms with E-state index < -0.39 is 39.2 Å². The number of aromatic hydroxyl groups is 1. The van der Waals surface area contributed by atoms with Gasteiger partial charge < -0.3 is 14.3 Å². The number of hydrogen-bond acceptors (Lipinski definition) is 6. The molecule has 1 aromatic heterocycles. The average molecular weight is 329 g/mol. The Morgan fingerprint density at radius 3 is 2.41 bits per heavy atom. The molecule has 0 unspecified atom stereocenters. The number of halogens is 1. The minimum Gasteiger partial charge on any atom is -0.502 e. The molecule has 0 saturated heterocycles. The van der Waals surface area contributed by atoms with Gasteiger partial charge in [-0.1, -0.05) is 0 Å². The number of benzene rings is 1. The molecule has 1 aromatic carbocycles. The average Bonchev–Trinajstić information content (AvgIpc) is 2.66. The molecule has 0 fully saturated rings. The van der Waals surface area contributed by atoms with Crippen LogP contribution in [-0.4, -0.2) is 25.7 Å². The molecule has 7 nitrogen and oxygen atoms in total. The standard InChI is InChI=1S/C13H12FNO6S/c1-7(16)20-12-10(17)11(8-3-5-9(14)6-4-8)21-13(12)15-22(2,18)19/h3-6,15,17H,1-2H3. The van der Waals surface area contributed by atoms with Gasteiger partial charge in [0.05, 0.1) is 6.26 Å². The van der Waals surface area contributed by atoms with Crippen molar-refractivity contribution in [3.05, 3.63) is 30.1 Å². The lowest BCUT2D eigenvalue weighted by molar-refractivity contribution is -0.131. The maximum absolute atomic E-state index is 12.9. The van der Waals surface area contributed by atoms with Crippen molar-refractivity contribution >= 4 is 21.9 Å². The molecule has 0 aliphatic heterocycles. The SMILES string of the molecule is CC(=O)Oc1c(NS(C)(=O)=O)oc(-c2ccc(F)cc2)c1O. The predicted octanol–water partition coefficient (Wildman–Crippen LogP) is 2.09. The fraction of sp³-hybridized carbons (Fsp3) is 0.154. The summed E-state index contributed by atoms with van der Waals surface area (Å²) in [6.45, 7) is 1.08. The van der Waals surface area contributed by atoms with Crippen LogP contribution in [0.2, 0.25) is 0 Å². The van der Waals surface area contributed by atoms with Crippen molar-refractivity contribution in [3.63, 3.8) is 0 Å². The highest BCUT2D eigenvalue weighted by Crippen LogP contribution is 2.46. The van der Waals surface area contributed by atoms with E-state index in [0.717, 1.165) is 25.3 Å². The summed E-state index contributed by atoms with van der Waals surface area (Å²) >= 11 is 0. The van der Waals surface area contributed by atoms with Crippen molar-refractivity contribution in [1.82, 2.24) is 0 Å². The van der Waals surface area contributed by atoms with E-state index in [0.29, 0.717) is 0 Å². The second-order valence-corrected chi connectivity index (χ2v) is 6.16. The number of hydrogen-bond donors (Lipinski definition) is 2. The van der Waals surface area contributed by atoms with Crippen LogP contribution in [0.1, 0.15) is 6.92 Å². The second-order valence-electron chi connectivity index (χ2n) is 4.41. The molecule has 0 amide bonds. The van der Waals surface area contributed by atoms with Gasteiger partial charge >= 0.3 is 5.97 Å². The van der Waals surface area contributed by atoms with Gasteiger partial charge in [0.2, 0.25) is 21.5 Å². The van der Waals surface area contributed by atoms with Gasteiger partial charge in [0, 0.05) is 12.5 Å². The maximum Gasteiger partial charge on any atom is 0.308 e. The van der Waals surface area contributed by atoms with Crippen LogP contribution >= 0.6 is 0 Å². The van der Waals surface area contributed by atoms with Crippen LogP contribution in [-0.2, 0) is 14.8 Å². The third-order valence-corrected chi connectivity index (χ3v) is 3.03. The van der Waals surface area contributed by atoms with E-state index in [1.54, 1.807) is 0 Å². The summed E-state index contributed by atoms with van der Waals surface area (Å²) in [4.78, 5) is 11.1. The molecule has 22 heavy (non-hydrogen) atoms. The number of esters is 1. The molecule has 0 aliphatic carbocycles. The molecule has 2 aromatic rings. The molecule has 9 heteroatoms. The van der Waals surface area contributed by atoms with Crippen LogP contribution in [0, 0.1) is 5.82 Å². The Labute approximate surface area is 125 Å². The molecule has 0 bridgehead atoms. The van der Waals surface area contributed by atoms with Gasteiger partial charge in [-0.15, -0.1) is 0 Å². The Kier molecular flexibility index (Phi) is 4.09. The zero-order chi connectivity index (χ0) is 16.5. The number of carbonyl (C=O) groups is 1. The highest BCUT2D eigenvalue weighted by Gasteiger charge is 2.26. The first kappa shape index (κ1) is 15.8. The van der Waals surface area contributed by atoms with Crippen molar-refractivity contribution in [2.24, 2.45) is 0 Å². The largest absolute Gasteiger partial charge is 0.502 e. The van der Waals surface area contributed by atoms with E-state index >= 15 is 0 Å². The van der Waals surface area contributed by atoms with Gasteiger partial charge in [0.25, 0.3) is 5.88 Å². The lowest BCUT2D eigenvalue weighted by Crippen LogP contribution is -2.11. The fourth-order valence-corrected chi connectivity index (χ4v) is 2.15. The van der Waals surface area contributed by atoms with Gasteiger partial charge in [-0.25, -0.2) is 12.8 Å². The van der Waals surface area contributed by atoms with E-state index in [1.165, 1.54) is 12.1 Å². The summed E-state index contributed by atoms with van der Waals surface area (Å²) in [5, 5.41) is 10.1. The monoisotopic (exact) mass is 329 g/mol. The maximum atomic E-state index is 12.9. The first-order chi connectivity index (χ1) is 10.2. The highest BCUT2D eigenvalue weighted by molar-refractivity contribution is 7.92. The lowest BCUT2D eigenvalue weighted by Gasteiger charge is -2.02. The molecule has 2 N–H and O–H groups in total. The Hall–Kier alpha value is -2.55. The van der Waals surface area contributed by atoms with Gasteiger partial charge in [-0.2, -0.15) is 0 Å². The van der Waals surface area contributed by atoms with Crippen LogP contribution in [0.5, 0.6) is 11.5 Å². The van der Waals surface area contributed by atoms with Gasteiger partial charge in [0.1, 0.15) is 5.82 Å². The molecule has 0 atom stereocenters. The number of ether oxygens (including phenoxy) is 1. The molecule has 118 valence electrons. The Morgan fingerprint density at radius 1 is 1.32 bits per heavy atom. The number of nitrogens with one attached hydrogen (secondary N) is 1. The number of rotatable bonds is 4. The summed E-state index contributed by atoms with van der Waals surface area (Å²) in [6.07, 6.45) is 0.863. The Balaban J connectivity index is 2.56. The molecular formula is C13H12FNO6S. The molecule has 0 spiro atoms. The van der Waals surface area contributed by atoms with Crippen LogP contribution in [0.3, 0.4) is 0 Å². The third-order valence-electron chi connectivity index (χ3n) is 2.47. The zero-order valence-electron chi connectivity index (χ0n) is 11.6. The van der Waals surface area contributed by atoms with Gasteiger partial charge in [-0.3, -0.25) is 9.52 Å². The lowest BCUT2D eigenvalue weighted by atomic mass is 10.1. The summed E-state index contributed by atoms with van der Waals surface area (Å²) < 4.78 is 47.5. The molecule has 0 aliphatic rings. The topological polar surface area (TPSA) is 106 Å². The van der Waals surface area contributed by atoms with E-state index in [9.17, 15) is 22.7 Å². The second kappa shape index (κ2) is 5.68. The number of furan rings is 1. The summed E-state index contributed by atoms with van der Waals surface area (Å²) in [6, 6.07) is 4.89. The van der Waals surface area contributed by atoms with E-state index in [1.807, 2.05) is 4.72 Å². The van der Waals surface area contributed by atoms with Crippen LogP contribution in [0.25, 0.3) is 11.3 Å². The summed E-state index contributed by atoms with van der Waals surface area (Å²) in [5.74, 6) is -2.93.